The Morgan fingerprint density at radius 3 is 2.66 bits per heavy atom. The van der Waals surface area contributed by atoms with E-state index in [1.807, 2.05) is 41.6 Å². The summed E-state index contributed by atoms with van der Waals surface area (Å²) in [6.07, 6.45) is 1.91. The summed E-state index contributed by atoms with van der Waals surface area (Å²) in [4.78, 5) is 33.5. The molecular formula is C23H30N4O4S. The molecular weight excluding hydrogens is 428 g/mol. The third-order valence-corrected chi connectivity index (χ3v) is 7.35. The van der Waals surface area contributed by atoms with Crippen molar-refractivity contribution in [1.29, 1.82) is 0 Å². The summed E-state index contributed by atoms with van der Waals surface area (Å²) >= 11 is 1.59. The summed E-state index contributed by atoms with van der Waals surface area (Å²) in [5, 5.41) is 16.2. The quantitative estimate of drug-likeness (QED) is 0.571. The summed E-state index contributed by atoms with van der Waals surface area (Å²) in [6, 6.07) is 7.63. The molecule has 0 aliphatic carbocycles. The van der Waals surface area contributed by atoms with Crippen LogP contribution < -0.4 is 10.6 Å². The number of ether oxygens (including phenoxy) is 1. The summed E-state index contributed by atoms with van der Waals surface area (Å²) in [5.41, 5.74) is 3.56. The lowest BCUT2D eigenvalue weighted by Gasteiger charge is -2.43. The molecule has 2 aliphatic heterocycles. The van der Waals surface area contributed by atoms with Crippen LogP contribution in [0.3, 0.4) is 0 Å². The van der Waals surface area contributed by atoms with E-state index in [9.17, 15) is 14.7 Å². The van der Waals surface area contributed by atoms with Gasteiger partial charge in [0.05, 0.1) is 41.9 Å². The van der Waals surface area contributed by atoms with E-state index in [0.717, 1.165) is 34.7 Å². The maximum atomic E-state index is 13.5. The predicted octanol–water partition coefficient (Wildman–Crippen LogP) is 1.12. The van der Waals surface area contributed by atoms with Gasteiger partial charge in [0.15, 0.2) is 0 Å². The van der Waals surface area contributed by atoms with Crippen LogP contribution in [0, 0.1) is 6.92 Å². The van der Waals surface area contributed by atoms with Gasteiger partial charge in [-0.1, -0.05) is 24.3 Å². The molecule has 3 heterocycles. The summed E-state index contributed by atoms with van der Waals surface area (Å²) in [5.74, 6) is -0.780. The number of morpholine rings is 1. The Hall–Kier alpha value is -2.17. The van der Waals surface area contributed by atoms with Crippen LogP contribution >= 0.6 is 11.3 Å². The molecule has 3 N–H and O–H groups in total. The SMILES string of the molecule is Cc1ncsc1-c1ccc(CC(CO)(C(=O)NC(=O)C2CCCN2)N2CCOCC2)cc1. The van der Waals surface area contributed by atoms with Crippen molar-refractivity contribution in [2.24, 2.45) is 0 Å². The topological polar surface area (TPSA) is 104 Å². The standard InChI is InChI=1S/C23H30N4O4S/c1-16-20(32-15-25-16)18-6-4-17(5-7-18)13-23(14-28,27-9-11-31-12-10-27)22(30)26-21(29)19-3-2-8-24-19/h4-7,15,19,24,28H,2-3,8-14H2,1H3,(H,26,29,30). The van der Waals surface area contributed by atoms with Gasteiger partial charge >= 0.3 is 0 Å². The highest BCUT2D eigenvalue weighted by Crippen LogP contribution is 2.29. The summed E-state index contributed by atoms with van der Waals surface area (Å²) < 4.78 is 5.46. The molecule has 2 amide bonds. The van der Waals surface area contributed by atoms with E-state index in [1.165, 1.54) is 0 Å². The fourth-order valence-electron chi connectivity index (χ4n) is 4.47. The number of hydrogen-bond acceptors (Lipinski definition) is 8. The first-order chi connectivity index (χ1) is 15.5. The Labute approximate surface area is 192 Å². The Kier molecular flexibility index (Phi) is 7.32. The van der Waals surface area contributed by atoms with Crippen molar-refractivity contribution in [3.8, 4) is 10.4 Å². The van der Waals surface area contributed by atoms with Crippen molar-refractivity contribution < 1.29 is 19.4 Å². The predicted molar refractivity (Wildman–Crippen MR) is 122 cm³/mol. The number of hydrogen-bond donors (Lipinski definition) is 3. The number of aryl methyl sites for hydroxylation is 1. The minimum absolute atomic E-state index is 0.294. The number of aliphatic hydroxyl groups is 1. The number of nitrogens with zero attached hydrogens (tertiary/aromatic N) is 2. The molecule has 9 heteroatoms. The van der Waals surface area contributed by atoms with Crippen LogP contribution in [0.4, 0.5) is 0 Å². The molecule has 8 nitrogen and oxygen atoms in total. The normalized spacial score (nSPS) is 21.2. The maximum absolute atomic E-state index is 13.5. The highest BCUT2D eigenvalue weighted by atomic mass is 32.1. The van der Waals surface area contributed by atoms with Gasteiger partial charge in [0.25, 0.3) is 0 Å². The molecule has 2 saturated heterocycles. The number of carbonyl (C=O) groups is 2. The van der Waals surface area contributed by atoms with E-state index < -0.39 is 11.4 Å². The van der Waals surface area contributed by atoms with E-state index in [0.29, 0.717) is 39.1 Å². The molecule has 0 radical (unpaired) electrons. The van der Waals surface area contributed by atoms with Crippen molar-refractivity contribution in [2.45, 2.75) is 37.8 Å². The Morgan fingerprint density at radius 1 is 1.31 bits per heavy atom. The first-order valence-corrected chi connectivity index (χ1v) is 11.9. The molecule has 2 unspecified atom stereocenters. The molecule has 32 heavy (non-hydrogen) atoms. The fourth-order valence-corrected chi connectivity index (χ4v) is 5.28. The van der Waals surface area contributed by atoms with Gasteiger partial charge in [-0.15, -0.1) is 11.3 Å². The molecule has 2 aliphatic rings. The molecule has 1 aromatic carbocycles. The lowest BCUT2D eigenvalue weighted by atomic mass is 9.87. The van der Waals surface area contributed by atoms with Crippen molar-refractivity contribution >= 4 is 23.2 Å². The number of imide groups is 1. The van der Waals surface area contributed by atoms with Crippen LogP contribution in [0.5, 0.6) is 0 Å². The average molecular weight is 459 g/mol. The second-order valence-corrected chi connectivity index (χ2v) is 9.25. The van der Waals surface area contributed by atoms with E-state index >= 15 is 0 Å². The third-order valence-electron chi connectivity index (χ3n) is 6.37. The molecule has 4 rings (SSSR count). The number of aliphatic hydroxyl groups excluding tert-OH is 1. The molecule has 2 atom stereocenters. The van der Waals surface area contributed by atoms with E-state index in [2.05, 4.69) is 15.6 Å². The number of carbonyl (C=O) groups excluding carboxylic acids is 2. The molecule has 1 aromatic heterocycles. The molecule has 172 valence electrons. The minimum atomic E-state index is -1.24. The lowest BCUT2D eigenvalue weighted by Crippen LogP contribution is -2.66. The van der Waals surface area contributed by atoms with Crippen molar-refractivity contribution in [3.05, 3.63) is 41.0 Å². The molecule has 0 spiro atoms. The van der Waals surface area contributed by atoms with E-state index in [4.69, 9.17) is 4.74 Å². The maximum Gasteiger partial charge on any atom is 0.249 e. The highest BCUT2D eigenvalue weighted by Gasteiger charge is 2.45. The Balaban J connectivity index is 1.57. The van der Waals surface area contributed by atoms with Crippen LogP contribution in [0.25, 0.3) is 10.4 Å². The van der Waals surface area contributed by atoms with Gasteiger partial charge in [0.2, 0.25) is 11.8 Å². The first kappa shape index (κ1) is 23.0. The zero-order valence-electron chi connectivity index (χ0n) is 18.3. The van der Waals surface area contributed by atoms with Crippen LogP contribution in [-0.4, -0.2) is 77.8 Å². The van der Waals surface area contributed by atoms with Crippen molar-refractivity contribution in [2.75, 3.05) is 39.5 Å². The van der Waals surface area contributed by atoms with Crippen LogP contribution in [0.1, 0.15) is 24.1 Å². The molecule has 2 fully saturated rings. The van der Waals surface area contributed by atoms with Crippen LogP contribution in [-0.2, 0) is 20.7 Å². The third kappa shape index (κ3) is 4.77. The van der Waals surface area contributed by atoms with E-state index in [-0.39, 0.29) is 18.6 Å². The van der Waals surface area contributed by atoms with Gasteiger partial charge in [-0.25, -0.2) is 4.98 Å². The number of rotatable bonds is 7. The van der Waals surface area contributed by atoms with Gasteiger partial charge in [0, 0.05) is 19.5 Å². The number of amides is 2. The molecule has 0 saturated carbocycles. The van der Waals surface area contributed by atoms with Crippen LogP contribution in [0.2, 0.25) is 0 Å². The second-order valence-electron chi connectivity index (χ2n) is 8.40. The fraction of sp³-hybridized carbons (Fsp3) is 0.522. The van der Waals surface area contributed by atoms with E-state index in [1.54, 1.807) is 11.3 Å². The van der Waals surface area contributed by atoms with Gasteiger partial charge in [-0.05, 0) is 37.4 Å². The van der Waals surface area contributed by atoms with Gasteiger partial charge in [-0.2, -0.15) is 0 Å². The molecule has 0 bridgehead atoms. The number of nitrogens with one attached hydrogen (secondary N) is 2. The van der Waals surface area contributed by atoms with Gasteiger partial charge in [0.1, 0.15) is 5.54 Å². The number of benzene rings is 1. The number of thiazole rings is 1. The molecule has 2 aromatic rings. The zero-order valence-corrected chi connectivity index (χ0v) is 19.1. The van der Waals surface area contributed by atoms with Crippen molar-refractivity contribution in [1.82, 2.24) is 20.5 Å². The van der Waals surface area contributed by atoms with Crippen LogP contribution in [0.15, 0.2) is 29.8 Å². The average Bonchev–Trinajstić information content (AvgIpc) is 3.51. The van der Waals surface area contributed by atoms with Crippen molar-refractivity contribution in [3.63, 3.8) is 0 Å². The Bertz CT molecular complexity index is 936. The monoisotopic (exact) mass is 458 g/mol. The Morgan fingerprint density at radius 2 is 2.06 bits per heavy atom. The van der Waals surface area contributed by atoms with Gasteiger partial charge < -0.3 is 15.2 Å². The summed E-state index contributed by atoms with van der Waals surface area (Å²) in [6.45, 7) is 4.36. The van der Waals surface area contributed by atoms with Gasteiger partial charge in [-0.3, -0.25) is 19.8 Å². The minimum Gasteiger partial charge on any atom is -0.394 e. The lowest BCUT2D eigenvalue weighted by molar-refractivity contribution is -0.145. The first-order valence-electron chi connectivity index (χ1n) is 11.1. The zero-order chi connectivity index (χ0) is 22.6. The summed E-state index contributed by atoms with van der Waals surface area (Å²) in [7, 11) is 0. The number of aromatic nitrogens is 1. The smallest absolute Gasteiger partial charge is 0.249 e. The second kappa shape index (κ2) is 10.2. The highest BCUT2D eigenvalue weighted by molar-refractivity contribution is 7.13. The largest absolute Gasteiger partial charge is 0.394 e.